The quantitative estimate of drug-likeness (QED) is 0.573. The minimum atomic E-state index is 0.764. The topological polar surface area (TPSA) is 36.8 Å². The van der Waals surface area contributed by atoms with Crippen LogP contribution in [-0.4, -0.2) is 12.4 Å². The molecular formula is C7H9N3. The molecule has 0 radical (unpaired) electrons. The summed E-state index contributed by atoms with van der Waals surface area (Å²) in [5.74, 6) is 0.764. The van der Waals surface area contributed by atoms with Crippen LogP contribution in [0.5, 0.6) is 0 Å². The predicted molar refractivity (Wildman–Crippen MR) is 43.0 cm³/mol. The van der Waals surface area contributed by atoms with Crippen molar-refractivity contribution in [1.29, 1.82) is 0 Å². The van der Waals surface area contributed by atoms with Crippen molar-refractivity contribution >= 4 is 12.4 Å². The normalized spacial score (nSPS) is 20.3. The van der Waals surface area contributed by atoms with Gasteiger partial charge in [0.05, 0.1) is 6.21 Å². The number of hydrogen-bond acceptors (Lipinski definition) is 3. The molecule has 1 rings (SSSR count). The zero-order chi connectivity index (χ0) is 7.23. The Balaban J connectivity index is 2.58. The lowest BCUT2D eigenvalue weighted by Gasteiger charge is -2.00. The summed E-state index contributed by atoms with van der Waals surface area (Å²) in [6.45, 7) is 1.95. The van der Waals surface area contributed by atoms with Crippen LogP contribution in [0.2, 0.25) is 0 Å². The number of hydrogen-bond donors (Lipinski definition) is 1. The summed E-state index contributed by atoms with van der Waals surface area (Å²) < 4.78 is 0. The van der Waals surface area contributed by atoms with Gasteiger partial charge in [-0.2, -0.15) is 5.10 Å². The van der Waals surface area contributed by atoms with E-state index >= 15 is 0 Å². The Morgan fingerprint density at radius 3 is 3.00 bits per heavy atom. The molecule has 3 nitrogen and oxygen atoms in total. The molecule has 52 valence electrons. The molecule has 0 aromatic carbocycles. The minimum absolute atomic E-state index is 0.764. The Morgan fingerprint density at radius 1 is 1.50 bits per heavy atom. The largest absolute Gasteiger partial charge is 0.261 e. The molecule has 1 N–H and O–H groups in total. The average Bonchev–Trinajstić information content (AvgIpc) is 2.03. The van der Waals surface area contributed by atoms with Crippen LogP contribution >= 0.6 is 0 Å². The summed E-state index contributed by atoms with van der Waals surface area (Å²) >= 11 is 0. The van der Waals surface area contributed by atoms with Crippen LogP contribution in [0.3, 0.4) is 0 Å². The molecule has 10 heavy (non-hydrogen) atoms. The molecule has 0 aromatic rings. The molecule has 0 atom stereocenters. The first-order chi connectivity index (χ1) is 4.93. The van der Waals surface area contributed by atoms with Gasteiger partial charge in [0.2, 0.25) is 0 Å². The van der Waals surface area contributed by atoms with Crippen LogP contribution < -0.4 is 5.43 Å². The van der Waals surface area contributed by atoms with Crippen LogP contribution in [0.4, 0.5) is 0 Å². The van der Waals surface area contributed by atoms with Crippen molar-refractivity contribution in [3.8, 4) is 0 Å². The van der Waals surface area contributed by atoms with Gasteiger partial charge in [-0.3, -0.25) is 5.43 Å². The Hall–Kier alpha value is -1.38. The molecule has 0 amide bonds. The molecule has 0 bridgehead atoms. The first kappa shape index (κ1) is 6.74. The zero-order valence-electron chi connectivity index (χ0n) is 5.78. The van der Waals surface area contributed by atoms with E-state index in [0.717, 1.165) is 5.82 Å². The molecule has 0 fully saturated rings. The standard InChI is InChI=1S/C7H9N3/c1-2-3-4-7-8-5-6-9-10-7/h2-6,10H,1H3/b3-2-,7-4-. The zero-order valence-corrected chi connectivity index (χ0v) is 5.78. The number of rotatable bonds is 1. The van der Waals surface area contributed by atoms with E-state index in [1.807, 2.05) is 25.2 Å². The summed E-state index contributed by atoms with van der Waals surface area (Å²) in [6, 6.07) is 0. The van der Waals surface area contributed by atoms with Gasteiger partial charge in [0.15, 0.2) is 0 Å². The van der Waals surface area contributed by atoms with Gasteiger partial charge < -0.3 is 0 Å². The molecular weight excluding hydrogens is 126 g/mol. The monoisotopic (exact) mass is 135 g/mol. The van der Waals surface area contributed by atoms with E-state index in [2.05, 4.69) is 15.5 Å². The molecule has 1 aliphatic heterocycles. The third-order valence-corrected chi connectivity index (χ3v) is 0.980. The van der Waals surface area contributed by atoms with Crippen LogP contribution in [0, 0.1) is 0 Å². The van der Waals surface area contributed by atoms with Gasteiger partial charge >= 0.3 is 0 Å². The number of hydrazone groups is 1. The number of nitrogens with one attached hydrogen (secondary N) is 1. The maximum Gasteiger partial charge on any atom is 0.146 e. The van der Waals surface area contributed by atoms with Crippen LogP contribution in [0.1, 0.15) is 6.92 Å². The van der Waals surface area contributed by atoms with Crippen molar-refractivity contribution in [3.05, 3.63) is 24.0 Å². The first-order valence-corrected chi connectivity index (χ1v) is 3.08. The van der Waals surface area contributed by atoms with Gasteiger partial charge in [-0.25, -0.2) is 4.99 Å². The van der Waals surface area contributed by atoms with Crippen molar-refractivity contribution in [2.45, 2.75) is 6.92 Å². The summed E-state index contributed by atoms with van der Waals surface area (Å²) in [5, 5.41) is 3.78. The fourth-order valence-electron chi connectivity index (χ4n) is 0.547. The molecule has 0 saturated heterocycles. The second-order valence-electron chi connectivity index (χ2n) is 1.75. The van der Waals surface area contributed by atoms with Crippen LogP contribution in [-0.2, 0) is 0 Å². The lowest BCUT2D eigenvalue weighted by molar-refractivity contribution is 0.872. The second kappa shape index (κ2) is 3.61. The SMILES string of the molecule is C/C=C\C=C1\N=CC=NN1. The Labute approximate surface area is 59.9 Å². The van der Waals surface area contributed by atoms with Crippen molar-refractivity contribution in [2.24, 2.45) is 10.1 Å². The van der Waals surface area contributed by atoms with Gasteiger partial charge in [-0.1, -0.05) is 12.2 Å². The molecule has 0 spiro atoms. The molecule has 0 saturated carbocycles. The van der Waals surface area contributed by atoms with E-state index in [9.17, 15) is 0 Å². The maximum absolute atomic E-state index is 3.99. The van der Waals surface area contributed by atoms with Crippen LogP contribution in [0.15, 0.2) is 34.1 Å². The molecule has 1 aliphatic rings. The third-order valence-electron chi connectivity index (χ3n) is 0.980. The lowest BCUT2D eigenvalue weighted by Crippen LogP contribution is -2.07. The highest BCUT2D eigenvalue weighted by atomic mass is 15.3. The van der Waals surface area contributed by atoms with Crippen molar-refractivity contribution in [3.63, 3.8) is 0 Å². The Morgan fingerprint density at radius 2 is 2.40 bits per heavy atom. The molecule has 1 heterocycles. The Kier molecular flexibility index (Phi) is 2.43. The second-order valence-corrected chi connectivity index (χ2v) is 1.75. The van der Waals surface area contributed by atoms with Crippen LogP contribution in [0.25, 0.3) is 0 Å². The fraction of sp³-hybridized carbons (Fsp3) is 0.143. The van der Waals surface area contributed by atoms with E-state index in [1.54, 1.807) is 12.4 Å². The van der Waals surface area contributed by atoms with Crippen molar-refractivity contribution in [2.75, 3.05) is 0 Å². The summed E-state index contributed by atoms with van der Waals surface area (Å²) in [7, 11) is 0. The van der Waals surface area contributed by atoms with Gasteiger partial charge in [0.1, 0.15) is 5.82 Å². The lowest BCUT2D eigenvalue weighted by atomic mass is 10.5. The van der Waals surface area contributed by atoms with E-state index in [1.165, 1.54) is 0 Å². The highest BCUT2D eigenvalue weighted by Crippen LogP contribution is 1.93. The minimum Gasteiger partial charge on any atom is -0.261 e. The van der Waals surface area contributed by atoms with Crippen molar-refractivity contribution < 1.29 is 0 Å². The van der Waals surface area contributed by atoms with E-state index in [4.69, 9.17) is 0 Å². The van der Waals surface area contributed by atoms with Gasteiger partial charge in [-0.15, -0.1) is 0 Å². The summed E-state index contributed by atoms with van der Waals surface area (Å²) in [5.41, 5.74) is 2.74. The molecule has 0 unspecified atom stereocenters. The maximum atomic E-state index is 3.99. The average molecular weight is 135 g/mol. The Bertz CT molecular complexity index is 211. The number of nitrogens with zero attached hydrogens (tertiary/aromatic N) is 2. The van der Waals surface area contributed by atoms with E-state index in [-0.39, 0.29) is 0 Å². The highest BCUT2D eigenvalue weighted by Gasteiger charge is 1.89. The smallest absolute Gasteiger partial charge is 0.146 e. The number of aliphatic imine (C=N–C) groups is 1. The van der Waals surface area contributed by atoms with Gasteiger partial charge in [-0.05, 0) is 13.0 Å². The molecule has 0 aromatic heterocycles. The van der Waals surface area contributed by atoms with Gasteiger partial charge in [0.25, 0.3) is 0 Å². The van der Waals surface area contributed by atoms with E-state index in [0.29, 0.717) is 0 Å². The van der Waals surface area contributed by atoms with E-state index < -0.39 is 0 Å². The van der Waals surface area contributed by atoms with Crippen molar-refractivity contribution in [1.82, 2.24) is 5.43 Å². The fourth-order valence-corrected chi connectivity index (χ4v) is 0.547. The molecule has 3 heteroatoms. The molecule has 0 aliphatic carbocycles. The third kappa shape index (κ3) is 1.85. The summed E-state index contributed by atoms with van der Waals surface area (Å²) in [6.07, 6.45) is 8.94. The summed E-state index contributed by atoms with van der Waals surface area (Å²) in [4.78, 5) is 3.99. The first-order valence-electron chi connectivity index (χ1n) is 3.08. The highest BCUT2D eigenvalue weighted by molar-refractivity contribution is 6.16. The predicted octanol–water partition coefficient (Wildman–Crippen LogP) is 1.06. The van der Waals surface area contributed by atoms with Gasteiger partial charge in [0, 0.05) is 6.21 Å². The number of allylic oxidation sites excluding steroid dienone is 3.